The fourth-order valence-electron chi connectivity index (χ4n) is 4.33. The molecule has 1 heterocycles. The van der Waals surface area contributed by atoms with Crippen LogP contribution in [0.4, 0.5) is 5.69 Å². The van der Waals surface area contributed by atoms with Crippen LogP contribution >= 0.6 is 0 Å². The third-order valence-electron chi connectivity index (χ3n) is 6.16. The number of ether oxygens (including phenoxy) is 1. The van der Waals surface area contributed by atoms with Gasteiger partial charge in [0.2, 0.25) is 5.91 Å². The van der Waals surface area contributed by atoms with E-state index in [0.717, 1.165) is 55.6 Å². The number of benzene rings is 1. The van der Waals surface area contributed by atoms with Crippen molar-refractivity contribution in [2.75, 3.05) is 19.0 Å². The summed E-state index contributed by atoms with van der Waals surface area (Å²) in [6.07, 6.45) is 6.52. The average molecular weight is 390 g/mol. The summed E-state index contributed by atoms with van der Waals surface area (Å²) < 4.78 is 5.49. The molecular weight excluding hydrogens is 364 g/mol. The molecule has 1 aromatic heterocycles. The van der Waals surface area contributed by atoms with Crippen LogP contribution in [-0.4, -0.2) is 30.6 Å². The Morgan fingerprint density at radius 2 is 2.10 bits per heavy atom. The highest BCUT2D eigenvalue weighted by molar-refractivity contribution is 5.92. The second-order valence-corrected chi connectivity index (χ2v) is 8.06. The minimum atomic E-state index is -0.420. The Bertz CT molecular complexity index is 915. The molecule has 2 aliphatic rings. The zero-order valence-corrected chi connectivity index (χ0v) is 16.6. The van der Waals surface area contributed by atoms with Crippen LogP contribution in [0.5, 0.6) is 5.75 Å². The molecule has 0 spiro atoms. The molecule has 1 aromatic carbocycles. The van der Waals surface area contributed by atoms with Crippen molar-refractivity contribution in [2.45, 2.75) is 43.6 Å². The Balaban J connectivity index is 1.30. The van der Waals surface area contributed by atoms with Crippen molar-refractivity contribution in [1.29, 1.82) is 5.26 Å². The van der Waals surface area contributed by atoms with Crippen LogP contribution in [-0.2, 0) is 10.2 Å². The van der Waals surface area contributed by atoms with Gasteiger partial charge in [-0.05, 0) is 56.2 Å². The molecule has 2 aliphatic carbocycles. The van der Waals surface area contributed by atoms with Crippen molar-refractivity contribution in [2.24, 2.45) is 5.92 Å². The van der Waals surface area contributed by atoms with Gasteiger partial charge in [0.1, 0.15) is 17.5 Å². The predicted molar refractivity (Wildman–Crippen MR) is 111 cm³/mol. The molecule has 150 valence electrons. The summed E-state index contributed by atoms with van der Waals surface area (Å²) in [6.45, 7) is 0.845. The van der Waals surface area contributed by atoms with Crippen LogP contribution in [0.15, 0.2) is 42.6 Å². The molecule has 2 saturated carbocycles. The first-order valence-electron chi connectivity index (χ1n) is 10.2. The molecule has 1 amide bonds. The summed E-state index contributed by atoms with van der Waals surface area (Å²) >= 11 is 0. The van der Waals surface area contributed by atoms with Gasteiger partial charge in [0.25, 0.3) is 0 Å². The third kappa shape index (κ3) is 4.04. The summed E-state index contributed by atoms with van der Waals surface area (Å²) in [5.41, 5.74) is 1.93. The first-order chi connectivity index (χ1) is 14.1. The number of hydrogen-bond acceptors (Lipinski definition) is 5. The smallest absolute Gasteiger partial charge is 0.231 e. The lowest BCUT2D eigenvalue weighted by Crippen LogP contribution is -2.40. The Morgan fingerprint density at radius 1 is 1.28 bits per heavy atom. The molecule has 0 radical (unpaired) electrons. The van der Waals surface area contributed by atoms with E-state index in [9.17, 15) is 4.79 Å². The number of amides is 1. The number of aromatic nitrogens is 1. The number of anilines is 1. The number of pyridine rings is 1. The van der Waals surface area contributed by atoms with Crippen molar-refractivity contribution in [3.8, 4) is 11.8 Å². The highest BCUT2D eigenvalue weighted by atomic mass is 16.5. The van der Waals surface area contributed by atoms with Gasteiger partial charge in [0, 0.05) is 18.2 Å². The number of hydrogen-bond donors (Lipinski definition) is 2. The molecule has 6 heteroatoms. The molecule has 2 unspecified atom stereocenters. The van der Waals surface area contributed by atoms with Crippen LogP contribution < -0.4 is 15.4 Å². The van der Waals surface area contributed by atoms with Crippen molar-refractivity contribution in [3.05, 3.63) is 53.9 Å². The second kappa shape index (κ2) is 8.12. The van der Waals surface area contributed by atoms with Gasteiger partial charge in [-0.15, -0.1) is 0 Å². The predicted octanol–water partition coefficient (Wildman–Crippen LogP) is 3.39. The molecule has 29 heavy (non-hydrogen) atoms. The van der Waals surface area contributed by atoms with Gasteiger partial charge in [-0.1, -0.05) is 18.2 Å². The molecule has 4 rings (SSSR count). The lowest BCUT2D eigenvalue weighted by atomic mass is 9.93. The van der Waals surface area contributed by atoms with Crippen molar-refractivity contribution in [1.82, 2.24) is 10.3 Å². The number of nitrogens with one attached hydrogen (secondary N) is 2. The Labute approximate surface area is 171 Å². The zero-order valence-electron chi connectivity index (χ0n) is 16.6. The molecule has 0 saturated heterocycles. The fourth-order valence-corrected chi connectivity index (χ4v) is 4.33. The number of rotatable bonds is 7. The Kier molecular flexibility index (Phi) is 5.39. The normalized spacial score (nSPS) is 21.8. The molecule has 0 aliphatic heterocycles. The molecule has 0 bridgehead atoms. The van der Waals surface area contributed by atoms with E-state index in [1.807, 2.05) is 36.4 Å². The van der Waals surface area contributed by atoms with E-state index >= 15 is 0 Å². The summed E-state index contributed by atoms with van der Waals surface area (Å²) in [4.78, 5) is 17.2. The van der Waals surface area contributed by atoms with E-state index in [1.54, 1.807) is 19.4 Å². The topological polar surface area (TPSA) is 87.0 Å². The summed E-state index contributed by atoms with van der Waals surface area (Å²) in [5.74, 6) is 1.44. The number of para-hydroxylation sites is 1. The zero-order chi connectivity index (χ0) is 20.3. The van der Waals surface area contributed by atoms with Crippen molar-refractivity contribution in [3.63, 3.8) is 0 Å². The Morgan fingerprint density at radius 3 is 2.79 bits per heavy atom. The van der Waals surface area contributed by atoms with E-state index < -0.39 is 5.41 Å². The van der Waals surface area contributed by atoms with Crippen LogP contribution in [0.3, 0.4) is 0 Å². The van der Waals surface area contributed by atoms with Gasteiger partial charge >= 0.3 is 0 Å². The molecule has 2 fully saturated rings. The standard InChI is InChI=1S/C23H26N4O2/c1-29-21-5-3-2-4-20(21)23(10-11-23)22(28)27-17-7-6-16(12-17)14-25-19-9-8-18(13-24)26-15-19/h2-5,8-9,15-17,25H,6-7,10-12,14H2,1H3,(H,27,28). The minimum Gasteiger partial charge on any atom is -0.496 e. The molecule has 2 N–H and O–H groups in total. The van der Waals surface area contributed by atoms with E-state index in [-0.39, 0.29) is 11.9 Å². The molecule has 2 aromatic rings. The quantitative estimate of drug-likeness (QED) is 0.757. The van der Waals surface area contributed by atoms with Gasteiger partial charge < -0.3 is 15.4 Å². The van der Waals surface area contributed by atoms with Gasteiger partial charge in [-0.25, -0.2) is 4.98 Å². The third-order valence-corrected chi connectivity index (χ3v) is 6.16. The highest BCUT2D eigenvalue weighted by Gasteiger charge is 2.53. The van der Waals surface area contributed by atoms with E-state index in [2.05, 4.69) is 15.6 Å². The fraction of sp³-hybridized carbons (Fsp3) is 0.435. The lowest BCUT2D eigenvalue weighted by molar-refractivity contribution is -0.124. The largest absolute Gasteiger partial charge is 0.496 e. The molecule has 6 nitrogen and oxygen atoms in total. The number of nitrogens with zero attached hydrogens (tertiary/aromatic N) is 2. The van der Waals surface area contributed by atoms with Crippen molar-refractivity contribution < 1.29 is 9.53 Å². The first kappa shape index (κ1) is 19.3. The van der Waals surface area contributed by atoms with Gasteiger partial charge in [0.15, 0.2) is 0 Å². The highest BCUT2D eigenvalue weighted by Crippen LogP contribution is 2.51. The minimum absolute atomic E-state index is 0.136. The monoisotopic (exact) mass is 390 g/mol. The van der Waals surface area contributed by atoms with Crippen molar-refractivity contribution >= 4 is 11.6 Å². The van der Waals surface area contributed by atoms with Crippen LogP contribution in [0.2, 0.25) is 0 Å². The molecule has 2 atom stereocenters. The number of carbonyl (C=O) groups is 1. The van der Waals surface area contributed by atoms with Gasteiger partial charge in [-0.2, -0.15) is 5.26 Å². The summed E-state index contributed by atoms with van der Waals surface area (Å²) in [6, 6.07) is 13.7. The maximum absolute atomic E-state index is 13.1. The maximum atomic E-state index is 13.1. The number of nitriles is 1. The van der Waals surface area contributed by atoms with Gasteiger partial charge in [0.05, 0.1) is 24.4 Å². The maximum Gasteiger partial charge on any atom is 0.231 e. The van der Waals surface area contributed by atoms with E-state index in [4.69, 9.17) is 10.00 Å². The van der Waals surface area contributed by atoms with Crippen LogP contribution in [0.25, 0.3) is 0 Å². The number of methoxy groups -OCH3 is 1. The van der Waals surface area contributed by atoms with Gasteiger partial charge in [-0.3, -0.25) is 4.79 Å². The lowest BCUT2D eigenvalue weighted by Gasteiger charge is -2.21. The summed E-state index contributed by atoms with van der Waals surface area (Å²) in [5, 5.41) is 15.5. The summed E-state index contributed by atoms with van der Waals surface area (Å²) in [7, 11) is 1.66. The average Bonchev–Trinajstić information content (AvgIpc) is 3.46. The van der Waals surface area contributed by atoms with E-state index in [1.165, 1.54) is 0 Å². The Hall–Kier alpha value is -3.07. The van der Waals surface area contributed by atoms with Crippen LogP contribution in [0, 0.1) is 17.2 Å². The second-order valence-electron chi connectivity index (χ2n) is 8.06. The van der Waals surface area contributed by atoms with Crippen LogP contribution in [0.1, 0.15) is 43.4 Å². The number of carbonyl (C=O) groups excluding carboxylic acids is 1. The van der Waals surface area contributed by atoms with E-state index in [0.29, 0.717) is 11.6 Å². The first-order valence-corrected chi connectivity index (χ1v) is 10.2. The molecular formula is C23H26N4O2. The SMILES string of the molecule is COc1ccccc1C1(C(=O)NC2CCC(CNc3ccc(C#N)nc3)C2)CC1.